The number of rotatable bonds is 5. The second-order valence-electron chi connectivity index (χ2n) is 6.46. The van der Waals surface area contributed by atoms with E-state index in [9.17, 15) is 8.42 Å². The lowest BCUT2D eigenvalue weighted by Gasteiger charge is -2.32. The van der Waals surface area contributed by atoms with E-state index in [-0.39, 0.29) is 6.04 Å². The van der Waals surface area contributed by atoms with Gasteiger partial charge in [-0.3, -0.25) is 9.97 Å². The molecule has 2 saturated heterocycles. The quantitative estimate of drug-likeness (QED) is 0.753. The molecule has 1 aromatic heterocycles. The number of hydrogen-bond acceptors (Lipinski definition) is 6. The van der Waals surface area contributed by atoms with E-state index in [1.54, 1.807) is 16.7 Å². The predicted octanol–water partition coefficient (Wildman–Crippen LogP) is 0.252. The molecule has 0 aliphatic carbocycles. The lowest BCUT2D eigenvalue weighted by Crippen LogP contribution is -2.48. The first-order valence-electron chi connectivity index (χ1n) is 8.28. The molecular weight excluding hydrogens is 330 g/mol. The first-order valence-corrected chi connectivity index (χ1v) is 9.68. The van der Waals surface area contributed by atoms with Crippen LogP contribution in [-0.2, 0) is 21.5 Å². The van der Waals surface area contributed by atoms with Crippen molar-refractivity contribution in [2.75, 3.05) is 46.9 Å². The van der Waals surface area contributed by atoms with Crippen molar-refractivity contribution in [3.8, 4) is 0 Å². The van der Waals surface area contributed by atoms with Crippen molar-refractivity contribution in [3.63, 3.8) is 0 Å². The molecule has 0 bridgehead atoms. The molecule has 2 aliphatic rings. The minimum absolute atomic E-state index is 0.229. The van der Waals surface area contributed by atoms with Crippen LogP contribution in [0.5, 0.6) is 0 Å². The maximum absolute atomic E-state index is 13.0. The summed E-state index contributed by atoms with van der Waals surface area (Å²) >= 11 is 0. The summed E-state index contributed by atoms with van der Waals surface area (Å²) in [6, 6.07) is -0.229. The second kappa shape index (κ2) is 7.40. The van der Waals surface area contributed by atoms with Gasteiger partial charge < -0.3 is 9.64 Å². The summed E-state index contributed by atoms with van der Waals surface area (Å²) in [5.74, 6) is 0. The minimum atomic E-state index is -3.49. The Morgan fingerprint density at radius 2 is 2.00 bits per heavy atom. The van der Waals surface area contributed by atoms with Crippen LogP contribution < -0.4 is 0 Å². The summed E-state index contributed by atoms with van der Waals surface area (Å²) < 4.78 is 34.3. The number of nitrogens with zero attached hydrogens (tertiary/aromatic N) is 5. The van der Waals surface area contributed by atoms with Crippen LogP contribution in [0.25, 0.3) is 0 Å². The average Bonchev–Trinajstić information content (AvgIpc) is 3.06. The fourth-order valence-corrected chi connectivity index (χ4v) is 5.02. The van der Waals surface area contributed by atoms with Gasteiger partial charge in [0.2, 0.25) is 0 Å². The zero-order valence-corrected chi connectivity index (χ0v) is 15.1. The van der Waals surface area contributed by atoms with Crippen LogP contribution in [0.3, 0.4) is 0 Å². The largest absolute Gasteiger partial charge is 0.379 e. The Balaban J connectivity index is 1.82. The number of hydrogen-bond donors (Lipinski definition) is 0. The predicted molar refractivity (Wildman–Crippen MR) is 89.4 cm³/mol. The highest BCUT2D eigenvalue weighted by Crippen LogP contribution is 2.34. The van der Waals surface area contributed by atoms with Crippen molar-refractivity contribution in [1.82, 2.24) is 23.5 Å². The molecule has 0 amide bonds. The van der Waals surface area contributed by atoms with Crippen molar-refractivity contribution in [1.29, 1.82) is 0 Å². The molecule has 9 heteroatoms. The summed E-state index contributed by atoms with van der Waals surface area (Å²) in [5, 5.41) is 0. The fraction of sp³-hybridized carbons (Fsp3) is 0.733. The smallest absolute Gasteiger partial charge is 0.282 e. The SMILES string of the molecule is CN(C)Cc1cncc([C@@H]2CCCN2S(=O)(=O)N2CCOCC2)n1. The van der Waals surface area contributed by atoms with Gasteiger partial charge >= 0.3 is 0 Å². The lowest BCUT2D eigenvalue weighted by molar-refractivity contribution is 0.0698. The Labute approximate surface area is 143 Å². The third kappa shape index (κ3) is 3.75. The molecule has 1 atom stereocenters. The molecule has 1 aromatic rings. The molecule has 0 aromatic carbocycles. The van der Waals surface area contributed by atoms with Gasteiger partial charge in [-0.2, -0.15) is 17.0 Å². The first-order chi connectivity index (χ1) is 11.5. The molecule has 3 rings (SSSR count). The molecule has 8 nitrogen and oxygen atoms in total. The third-order valence-electron chi connectivity index (χ3n) is 4.32. The van der Waals surface area contributed by atoms with Crippen LogP contribution in [0.1, 0.15) is 30.3 Å². The highest BCUT2D eigenvalue weighted by molar-refractivity contribution is 7.86. The van der Waals surface area contributed by atoms with Gasteiger partial charge in [-0.25, -0.2) is 0 Å². The van der Waals surface area contributed by atoms with Gasteiger partial charge in [0.25, 0.3) is 10.2 Å². The summed E-state index contributed by atoms with van der Waals surface area (Å²) in [7, 11) is 0.456. The van der Waals surface area contributed by atoms with Crippen LogP contribution in [0.15, 0.2) is 12.4 Å². The van der Waals surface area contributed by atoms with Crippen LogP contribution in [0, 0.1) is 0 Å². The maximum atomic E-state index is 13.0. The summed E-state index contributed by atoms with van der Waals surface area (Å²) in [6.45, 7) is 2.95. The van der Waals surface area contributed by atoms with Gasteiger partial charge in [0.05, 0.1) is 36.8 Å². The molecule has 0 N–H and O–H groups in total. The summed E-state index contributed by atoms with van der Waals surface area (Å²) in [5.41, 5.74) is 1.59. The molecule has 24 heavy (non-hydrogen) atoms. The second-order valence-corrected chi connectivity index (χ2v) is 8.34. The lowest BCUT2D eigenvalue weighted by atomic mass is 10.1. The molecule has 0 spiro atoms. The summed E-state index contributed by atoms with van der Waals surface area (Å²) in [4.78, 5) is 10.9. The van der Waals surface area contributed by atoms with Crippen molar-refractivity contribution in [2.24, 2.45) is 0 Å². The van der Waals surface area contributed by atoms with Crippen molar-refractivity contribution < 1.29 is 13.2 Å². The zero-order chi connectivity index (χ0) is 17.2. The van der Waals surface area contributed by atoms with Crippen molar-refractivity contribution in [2.45, 2.75) is 25.4 Å². The van der Waals surface area contributed by atoms with Crippen LogP contribution >= 0.6 is 0 Å². The molecule has 0 radical (unpaired) electrons. The van der Waals surface area contributed by atoms with E-state index >= 15 is 0 Å². The molecule has 2 fully saturated rings. The molecular formula is C15H25N5O3S. The molecule has 2 aliphatic heterocycles. The first kappa shape index (κ1) is 17.7. The maximum Gasteiger partial charge on any atom is 0.282 e. The van der Waals surface area contributed by atoms with Gasteiger partial charge in [0.1, 0.15) is 0 Å². The normalized spacial score (nSPS) is 23.9. The van der Waals surface area contributed by atoms with Crippen molar-refractivity contribution in [3.05, 3.63) is 23.8 Å². The van der Waals surface area contributed by atoms with E-state index in [2.05, 4.69) is 9.97 Å². The molecule has 3 heterocycles. The Morgan fingerprint density at radius 3 is 2.71 bits per heavy atom. The van der Waals surface area contributed by atoms with Crippen molar-refractivity contribution >= 4 is 10.2 Å². The van der Waals surface area contributed by atoms with Gasteiger partial charge in [0.15, 0.2) is 0 Å². The topological polar surface area (TPSA) is 78.9 Å². The van der Waals surface area contributed by atoms with Gasteiger partial charge in [-0.05, 0) is 26.9 Å². The average molecular weight is 355 g/mol. The Hall–Kier alpha value is -1.13. The Bertz CT molecular complexity index is 661. The zero-order valence-electron chi connectivity index (χ0n) is 14.3. The highest BCUT2D eigenvalue weighted by atomic mass is 32.2. The summed E-state index contributed by atoms with van der Waals surface area (Å²) in [6.07, 6.45) is 5.05. The fourth-order valence-electron chi connectivity index (χ4n) is 3.22. The number of aromatic nitrogens is 2. The molecule has 0 saturated carbocycles. The third-order valence-corrected chi connectivity index (χ3v) is 6.37. The van der Waals surface area contributed by atoms with E-state index in [1.165, 1.54) is 4.31 Å². The van der Waals surface area contributed by atoms with Gasteiger partial charge in [-0.15, -0.1) is 0 Å². The highest BCUT2D eigenvalue weighted by Gasteiger charge is 2.40. The Morgan fingerprint density at radius 1 is 1.25 bits per heavy atom. The number of morpholine rings is 1. The monoisotopic (exact) mass is 355 g/mol. The van der Waals surface area contributed by atoms with E-state index in [1.807, 2.05) is 19.0 Å². The van der Waals surface area contributed by atoms with E-state index in [0.717, 1.165) is 24.2 Å². The van der Waals surface area contributed by atoms with Gasteiger partial charge in [-0.1, -0.05) is 0 Å². The Kier molecular flexibility index (Phi) is 5.46. The van der Waals surface area contributed by atoms with E-state index in [0.29, 0.717) is 39.4 Å². The van der Waals surface area contributed by atoms with E-state index in [4.69, 9.17) is 4.74 Å². The molecule has 134 valence electrons. The van der Waals surface area contributed by atoms with E-state index < -0.39 is 10.2 Å². The number of ether oxygens (including phenoxy) is 1. The van der Waals surface area contributed by atoms with Crippen LogP contribution in [-0.4, -0.2) is 78.8 Å². The van der Waals surface area contributed by atoms with Crippen LogP contribution in [0.4, 0.5) is 0 Å². The minimum Gasteiger partial charge on any atom is -0.379 e. The van der Waals surface area contributed by atoms with Gasteiger partial charge in [0, 0.05) is 32.4 Å². The standard InChI is InChI=1S/C15H25N5O3S/c1-18(2)12-13-10-16-11-14(17-13)15-4-3-5-20(15)24(21,22)19-6-8-23-9-7-19/h10-11,15H,3-9,12H2,1-2H3/t15-/m0/s1. The molecule has 0 unspecified atom stereocenters. The van der Waals surface area contributed by atoms with Crippen LogP contribution in [0.2, 0.25) is 0 Å².